The summed E-state index contributed by atoms with van der Waals surface area (Å²) in [6.45, 7) is 5.51. The molecule has 0 aliphatic carbocycles. The van der Waals surface area contributed by atoms with Gasteiger partial charge in [0.15, 0.2) is 0 Å². The zero-order valence-electron chi connectivity index (χ0n) is 13.5. The van der Waals surface area contributed by atoms with Crippen LogP contribution in [-0.2, 0) is 28.3 Å². The van der Waals surface area contributed by atoms with Gasteiger partial charge < -0.3 is 0 Å². The van der Waals surface area contributed by atoms with Crippen molar-refractivity contribution in [1.82, 2.24) is 4.31 Å². The Bertz CT molecular complexity index is 701. The summed E-state index contributed by atoms with van der Waals surface area (Å²) in [5.41, 5.74) is 0.633. The summed E-state index contributed by atoms with van der Waals surface area (Å²) in [5.74, 6) is 0.602. The topological polar surface area (TPSA) is 55.8 Å². The number of halogens is 2. The van der Waals surface area contributed by atoms with Gasteiger partial charge >= 0.3 is 157 Å². The molecule has 24 heavy (non-hydrogen) atoms. The number of morpholine rings is 1. The summed E-state index contributed by atoms with van der Waals surface area (Å²) >= 11 is -2.12. The molecule has 0 bridgehead atoms. The summed E-state index contributed by atoms with van der Waals surface area (Å²) in [7, 11) is 8.42. The van der Waals surface area contributed by atoms with Crippen LogP contribution in [0.3, 0.4) is 0 Å². The van der Waals surface area contributed by atoms with Gasteiger partial charge in [-0.1, -0.05) is 0 Å². The molecule has 9 heteroatoms. The molecule has 0 radical (unpaired) electrons. The molecule has 0 spiro atoms. The van der Waals surface area contributed by atoms with Crippen LogP contribution in [0, 0.1) is 0 Å². The Balaban J connectivity index is 2.39. The molecule has 1 atom stereocenters. The van der Waals surface area contributed by atoms with Crippen LogP contribution < -0.4 is 4.74 Å². The first kappa shape index (κ1) is 20.3. The quantitative estimate of drug-likeness (QED) is 0.584. The third kappa shape index (κ3) is 5.23. The molecule has 5 nitrogen and oxygen atoms in total. The molecule has 1 saturated heterocycles. The van der Waals surface area contributed by atoms with Gasteiger partial charge in [-0.25, -0.2) is 0 Å². The molecule has 0 amide bonds. The zero-order valence-corrected chi connectivity index (χ0v) is 17.6. The Morgan fingerprint density at radius 2 is 2.04 bits per heavy atom. The average molecular weight is 483 g/mol. The monoisotopic (exact) mass is 483 g/mol. The third-order valence-electron chi connectivity index (χ3n) is 3.68. The first-order chi connectivity index (χ1) is 11.3. The molecule has 1 aliphatic rings. The normalized spacial score (nSPS) is 18.1. The predicted octanol–water partition coefficient (Wildman–Crippen LogP) is 2.96. The van der Waals surface area contributed by atoms with E-state index in [0.29, 0.717) is 37.6 Å². The number of nitrogens with zero attached hydrogens (tertiary/aromatic N) is 1. The van der Waals surface area contributed by atoms with Gasteiger partial charge in [0.2, 0.25) is 0 Å². The van der Waals surface area contributed by atoms with Gasteiger partial charge in [-0.3, -0.25) is 0 Å². The zero-order chi connectivity index (χ0) is 17.7. The number of sulfonamides is 1. The van der Waals surface area contributed by atoms with Crippen molar-refractivity contribution >= 4 is 34.0 Å². The Kier molecular flexibility index (Phi) is 7.66. The van der Waals surface area contributed by atoms with E-state index >= 15 is 0 Å². The van der Waals surface area contributed by atoms with Crippen LogP contribution in [0.2, 0.25) is 0 Å². The van der Waals surface area contributed by atoms with Crippen LogP contribution in [0.4, 0.5) is 0 Å². The molecule has 1 unspecified atom stereocenters. The molecule has 0 N–H and O–H groups in total. The number of hydrogen-bond acceptors (Lipinski definition) is 4. The van der Waals surface area contributed by atoms with Crippen molar-refractivity contribution in [3.63, 3.8) is 0 Å². The van der Waals surface area contributed by atoms with E-state index in [4.69, 9.17) is 28.9 Å². The van der Waals surface area contributed by atoms with Gasteiger partial charge in [0.1, 0.15) is 0 Å². The van der Waals surface area contributed by atoms with Gasteiger partial charge in [-0.15, -0.1) is 0 Å². The molecule has 1 aromatic rings. The third-order valence-corrected chi connectivity index (χ3v) is 7.41. The Hall–Kier alpha value is -0.0366. The molecule has 1 heterocycles. The minimum atomic E-state index is -3.56. The van der Waals surface area contributed by atoms with Crippen molar-refractivity contribution in [1.29, 1.82) is 0 Å². The Labute approximate surface area is 156 Å². The first-order valence-corrected chi connectivity index (χ1v) is 14.5. The van der Waals surface area contributed by atoms with E-state index in [0.717, 1.165) is 6.42 Å². The van der Waals surface area contributed by atoms with E-state index in [-0.39, 0.29) is 11.0 Å². The number of hydrogen-bond donors (Lipinski definition) is 0. The molecule has 0 aromatic heterocycles. The molecule has 1 aromatic carbocycles. The van der Waals surface area contributed by atoms with E-state index in [9.17, 15) is 8.42 Å². The second-order valence-corrected chi connectivity index (χ2v) is 13.0. The van der Waals surface area contributed by atoms with Crippen LogP contribution >= 0.6 is 19.4 Å². The van der Waals surface area contributed by atoms with Crippen LogP contribution in [0.25, 0.3) is 0 Å². The van der Waals surface area contributed by atoms with Gasteiger partial charge in [0.05, 0.1) is 0 Å². The van der Waals surface area contributed by atoms with E-state index in [1.54, 1.807) is 22.8 Å². The second kappa shape index (κ2) is 9.06. The standard InChI is InChI=1S/C15H21NO4S.2ClH.Ru/c1-4-13(3)20-15-6-5-14(11-12(15)2)21(17,18)16-7-9-19-10-8-16;;;/h2,5-6,11,13H,4,7-10H2,1,3H3;2*1H;/q;;;+2/p-2. The fourth-order valence-electron chi connectivity index (χ4n) is 2.19. The van der Waals surface area contributed by atoms with E-state index in [1.165, 1.54) is 4.31 Å². The summed E-state index contributed by atoms with van der Waals surface area (Å²) < 4.78 is 39.8. The molecule has 1 aliphatic heterocycles. The van der Waals surface area contributed by atoms with E-state index in [2.05, 4.69) is 0 Å². The van der Waals surface area contributed by atoms with Gasteiger partial charge in [-0.05, 0) is 0 Å². The average Bonchev–Trinajstić information content (AvgIpc) is 2.56. The van der Waals surface area contributed by atoms with Crippen molar-refractivity contribution in [2.45, 2.75) is 31.3 Å². The van der Waals surface area contributed by atoms with Crippen molar-refractivity contribution < 1.29 is 31.4 Å². The molecule has 0 saturated carbocycles. The van der Waals surface area contributed by atoms with Gasteiger partial charge in [0.25, 0.3) is 0 Å². The fraction of sp³-hybridized carbons (Fsp3) is 0.533. The maximum atomic E-state index is 12.8. The molecular weight excluding hydrogens is 462 g/mol. The molecule has 1 fully saturated rings. The summed E-state index contributed by atoms with van der Waals surface area (Å²) in [6, 6.07) is 4.84. The first-order valence-electron chi connectivity index (χ1n) is 7.56. The Morgan fingerprint density at radius 3 is 2.62 bits per heavy atom. The van der Waals surface area contributed by atoms with Crippen LogP contribution in [0.1, 0.15) is 25.8 Å². The van der Waals surface area contributed by atoms with Crippen molar-refractivity contribution in [3.8, 4) is 5.75 Å². The number of ether oxygens (including phenoxy) is 2. The second-order valence-electron chi connectivity index (χ2n) is 5.36. The summed E-state index contributed by atoms with van der Waals surface area (Å²) in [6.07, 6.45) is 0.862. The van der Waals surface area contributed by atoms with Crippen molar-refractivity contribution in [2.75, 3.05) is 26.3 Å². The van der Waals surface area contributed by atoms with Crippen LogP contribution in [0.15, 0.2) is 23.1 Å². The minimum absolute atomic E-state index is 0.0187. The molecule has 2 rings (SSSR count). The van der Waals surface area contributed by atoms with Crippen LogP contribution in [0.5, 0.6) is 5.75 Å². The van der Waals surface area contributed by atoms with Crippen molar-refractivity contribution in [3.05, 3.63) is 23.8 Å². The van der Waals surface area contributed by atoms with E-state index in [1.807, 2.05) is 13.8 Å². The van der Waals surface area contributed by atoms with E-state index < -0.39 is 23.5 Å². The molecular formula is C15H21Cl2NO4RuS. The Morgan fingerprint density at radius 1 is 1.38 bits per heavy atom. The SMILES string of the molecule is CCC(C)Oc1ccc(S(=O)(=O)N2CCOCC2)cc1[CH]=[Ru]([Cl])[Cl]. The maximum absolute atomic E-state index is 12.8. The summed E-state index contributed by atoms with van der Waals surface area (Å²) in [4.78, 5) is 0.218. The van der Waals surface area contributed by atoms with Gasteiger partial charge in [-0.2, -0.15) is 0 Å². The number of rotatable bonds is 6. The predicted molar refractivity (Wildman–Crippen MR) is 93.3 cm³/mol. The van der Waals surface area contributed by atoms with Gasteiger partial charge in [0, 0.05) is 0 Å². The fourth-order valence-corrected chi connectivity index (χ4v) is 5.42. The summed E-state index contributed by atoms with van der Waals surface area (Å²) in [5, 5.41) is 0. The van der Waals surface area contributed by atoms with Crippen molar-refractivity contribution in [2.24, 2.45) is 0 Å². The van der Waals surface area contributed by atoms with Crippen LogP contribution in [-0.4, -0.2) is 49.7 Å². The molecule has 138 valence electrons. The number of benzene rings is 1.